The minimum Gasteiger partial charge on any atom is -0.355 e. The van der Waals surface area contributed by atoms with Gasteiger partial charge in [-0.05, 0) is 47.2 Å². The van der Waals surface area contributed by atoms with Crippen molar-refractivity contribution in [2.45, 2.75) is 25.8 Å². The molecule has 0 unspecified atom stereocenters. The summed E-state index contributed by atoms with van der Waals surface area (Å²) in [5.74, 6) is 0.661. The molecule has 4 rings (SSSR count). The Morgan fingerprint density at radius 1 is 0.929 bits per heavy atom. The van der Waals surface area contributed by atoms with Gasteiger partial charge in [-0.15, -0.1) is 0 Å². The van der Waals surface area contributed by atoms with Crippen LogP contribution in [0.3, 0.4) is 0 Å². The Labute approximate surface area is 167 Å². The Hall–Kier alpha value is -2.65. The van der Waals surface area contributed by atoms with E-state index in [-0.39, 0.29) is 5.91 Å². The maximum Gasteiger partial charge on any atom is 0.224 e. The normalized spacial score (nSPS) is 17.5. The number of nitrogens with one attached hydrogen (secondary N) is 1. The lowest BCUT2D eigenvalue weighted by Gasteiger charge is -2.32. The zero-order valence-corrected chi connectivity index (χ0v) is 16.3. The highest BCUT2D eigenvalue weighted by molar-refractivity contribution is 5.85. The van der Waals surface area contributed by atoms with Gasteiger partial charge < -0.3 is 5.32 Å². The molecule has 1 N–H and O–H groups in total. The minimum atomic E-state index is 0.121. The Kier molecular flexibility index (Phi) is 6.03. The number of carbonyl (C=O) groups excluding carboxylic acids is 1. The largest absolute Gasteiger partial charge is 0.355 e. The fraction of sp³-hybridized carbons (Fsp3) is 0.320. The van der Waals surface area contributed by atoms with Crippen LogP contribution in [0.15, 0.2) is 72.8 Å². The van der Waals surface area contributed by atoms with E-state index in [9.17, 15) is 4.79 Å². The Morgan fingerprint density at radius 2 is 1.71 bits per heavy atom. The van der Waals surface area contributed by atoms with E-state index in [0.29, 0.717) is 12.3 Å². The number of benzene rings is 3. The third-order valence-corrected chi connectivity index (χ3v) is 5.62. The molecule has 1 heterocycles. The number of fused-ring (bicyclic) bond motifs is 1. The third-order valence-electron chi connectivity index (χ3n) is 5.62. The SMILES string of the molecule is O=C(Cc1ccc2ccccc2c1)NC[C@@H]1CCCN(Cc2ccccc2)C1. The molecule has 1 amide bonds. The number of rotatable bonds is 6. The first kappa shape index (κ1) is 18.7. The number of nitrogens with zero attached hydrogens (tertiary/aromatic N) is 1. The van der Waals surface area contributed by atoms with Crippen molar-refractivity contribution in [1.29, 1.82) is 0 Å². The van der Waals surface area contributed by atoms with Crippen molar-refractivity contribution in [2.75, 3.05) is 19.6 Å². The lowest BCUT2D eigenvalue weighted by atomic mass is 9.97. The zero-order valence-electron chi connectivity index (χ0n) is 16.3. The van der Waals surface area contributed by atoms with Gasteiger partial charge in [0, 0.05) is 19.6 Å². The molecule has 1 aliphatic heterocycles. The van der Waals surface area contributed by atoms with Crippen molar-refractivity contribution in [3.05, 3.63) is 83.9 Å². The molecular formula is C25H28N2O. The monoisotopic (exact) mass is 372 g/mol. The average Bonchev–Trinajstić information content (AvgIpc) is 2.73. The summed E-state index contributed by atoms with van der Waals surface area (Å²) in [6.07, 6.45) is 2.85. The van der Waals surface area contributed by atoms with Crippen LogP contribution >= 0.6 is 0 Å². The zero-order chi connectivity index (χ0) is 19.2. The van der Waals surface area contributed by atoms with E-state index in [4.69, 9.17) is 0 Å². The van der Waals surface area contributed by atoms with Crippen LogP contribution in [-0.4, -0.2) is 30.4 Å². The summed E-state index contributed by atoms with van der Waals surface area (Å²) in [4.78, 5) is 15.0. The van der Waals surface area contributed by atoms with Crippen molar-refractivity contribution in [1.82, 2.24) is 10.2 Å². The van der Waals surface area contributed by atoms with E-state index in [1.54, 1.807) is 0 Å². The first-order chi connectivity index (χ1) is 13.8. The van der Waals surface area contributed by atoms with E-state index in [1.165, 1.54) is 29.2 Å². The van der Waals surface area contributed by atoms with Gasteiger partial charge >= 0.3 is 0 Å². The summed E-state index contributed by atoms with van der Waals surface area (Å²) >= 11 is 0. The highest BCUT2D eigenvalue weighted by Crippen LogP contribution is 2.19. The van der Waals surface area contributed by atoms with Gasteiger partial charge in [0.15, 0.2) is 0 Å². The van der Waals surface area contributed by atoms with Crippen molar-refractivity contribution >= 4 is 16.7 Å². The van der Waals surface area contributed by atoms with Crippen molar-refractivity contribution in [3.63, 3.8) is 0 Å². The molecule has 28 heavy (non-hydrogen) atoms. The van der Waals surface area contributed by atoms with Crippen LogP contribution < -0.4 is 5.32 Å². The first-order valence-electron chi connectivity index (χ1n) is 10.3. The summed E-state index contributed by atoms with van der Waals surface area (Å²) in [6, 6.07) is 25.2. The molecule has 0 spiro atoms. The number of carbonyl (C=O) groups is 1. The summed E-state index contributed by atoms with van der Waals surface area (Å²) in [5, 5.41) is 5.57. The molecule has 1 fully saturated rings. The van der Waals surface area contributed by atoms with Crippen molar-refractivity contribution < 1.29 is 4.79 Å². The van der Waals surface area contributed by atoms with Gasteiger partial charge in [-0.25, -0.2) is 0 Å². The van der Waals surface area contributed by atoms with E-state index < -0.39 is 0 Å². The van der Waals surface area contributed by atoms with Gasteiger partial charge in [0.2, 0.25) is 5.91 Å². The van der Waals surface area contributed by atoms with Crippen LogP contribution in [0, 0.1) is 5.92 Å². The second kappa shape index (κ2) is 9.03. The molecule has 1 saturated heterocycles. The Morgan fingerprint density at radius 3 is 2.57 bits per heavy atom. The fourth-order valence-corrected chi connectivity index (χ4v) is 4.16. The Balaban J connectivity index is 1.26. The fourth-order valence-electron chi connectivity index (χ4n) is 4.16. The van der Waals surface area contributed by atoms with Gasteiger partial charge in [0.25, 0.3) is 0 Å². The van der Waals surface area contributed by atoms with Crippen LogP contribution in [-0.2, 0) is 17.8 Å². The maximum absolute atomic E-state index is 12.4. The predicted octanol–water partition coefficient (Wildman–Crippen LogP) is 4.41. The second-order valence-electron chi connectivity index (χ2n) is 7.89. The topological polar surface area (TPSA) is 32.3 Å². The minimum absolute atomic E-state index is 0.121. The number of hydrogen-bond acceptors (Lipinski definition) is 2. The van der Waals surface area contributed by atoms with Gasteiger partial charge in [-0.2, -0.15) is 0 Å². The van der Waals surface area contributed by atoms with Crippen LogP contribution in [0.25, 0.3) is 10.8 Å². The smallest absolute Gasteiger partial charge is 0.224 e. The van der Waals surface area contributed by atoms with Gasteiger partial charge in [0.05, 0.1) is 6.42 Å². The lowest BCUT2D eigenvalue weighted by molar-refractivity contribution is -0.120. The van der Waals surface area contributed by atoms with Gasteiger partial charge in [0.1, 0.15) is 0 Å². The van der Waals surface area contributed by atoms with Crippen LogP contribution in [0.5, 0.6) is 0 Å². The number of piperidine rings is 1. The highest BCUT2D eigenvalue weighted by Gasteiger charge is 2.20. The molecule has 3 heteroatoms. The molecule has 0 aromatic heterocycles. The summed E-state index contributed by atoms with van der Waals surface area (Å²) in [6.45, 7) is 3.99. The van der Waals surface area contributed by atoms with E-state index in [1.807, 2.05) is 12.1 Å². The van der Waals surface area contributed by atoms with Crippen molar-refractivity contribution in [3.8, 4) is 0 Å². The molecule has 144 valence electrons. The average molecular weight is 373 g/mol. The van der Waals surface area contributed by atoms with Crippen LogP contribution in [0.2, 0.25) is 0 Å². The number of likely N-dealkylation sites (tertiary alicyclic amines) is 1. The number of hydrogen-bond donors (Lipinski definition) is 1. The predicted molar refractivity (Wildman–Crippen MR) is 115 cm³/mol. The molecular weight excluding hydrogens is 344 g/mol. The molecule has 1 atom stereocenters. The third kappa shape index (κ3) is 4.99. The van der Waals surface area contributed by atoms with E-state index in [0.717, 1.165) is 31.7 Å². The van der Waals surface area contributed by atoms with E-state index >= 15 is 0 Å². The lowest BCUT2D eigenvalue weighted by Crippen LogP contribution is -2.40. The molecule has 3 aromatic rings. The van der Waals surface area contributed by atoms with Gasteiger partial charge in [-0.1, -0.05) is 72.8 Å². The quantitative estimate of drug-likeness (QED) is 0.695. The second-order valence-corrected chi connectivity index (χ2v) is 7.89. The summed E-state index contributed by atoms with van der Waals surface area (Å²) < 4.78 is 0. The van der Waals surface area contributed by atoms with Crippen LogP contribution in [0.4, 0.5) is 0 Å². The summed E-state index contributed by atoms with van der Waals surface area (Å²) in [5.41, 5.74) is 2.44. The Bertz CT molecular complexity index is 922. The molecule has 3 aromatic carbocycles. The molecule has 1 aliphatic rings. The highest BCUT2D eigenvalue weighted by atomic mass is 16.1. The molecule has 0 aliphatic carbocycles. The number of amides is 1. The van der Waals surface area contributed by atoms with Crippen molar-refractivity contribution in [2.24, 2.45) is 5.92 Å². The molecule has 0 radical (unpaired) electrons. The van der Waals surface area contributed by atoms with Crippen LogP contribution in [0.1, 0.15) is 24.0 Å². The molecule has 3 nitrogen and oxygen atoms in total. The standard InChI is InChI=1S/C25H28N2O/c28-25(16-21-12-13-23-10-4-5-11-24(23)15-21)26-17-22-9-6-14-27(19-22)18-20-7-2-1-3-8-20/h1-5,7-8,10-13,15,22H,6,9,14,16-19H2,(H,26,28)/t22-/m0/s1. The maximum atomic E-state index is 12.4. The summed E-state index contributed by atoms with van der Waals surface area (Å²) in [7, 11) is 0. The first-order valence-corrected chi connectivity index (χ1v) is 10.3. The molecule has 0 saturated carbocycles. The van der Waals surface area contributed by atoms with E-state index in [2.05, 4.69) is 70.9 Å². The van der Waals surface area contributed by atoms with Gasteiger partial charge in [-0.3, -0.25) is 9.69 Å². The molecule has 0 bridgehead atoms.